The molecule has 2 unspecified atom stereocenters. The van der Waals surface area contributed by atoms with E-state index in [0.717, 1.165) is 19.3 Å². The number of rotatable bonds is 2. The van der Waals surface area contributed by atoms with Gasteiger partial charge in [-0.1, -0.05) is 19.8 Å². The van der Waals surface area contributed by atoms with Crippen molar-refractivity contribution >= 4 is 6.21 Å². The maximum absolute atomic E-state index is 7.25. The smallest absolute Gasteiger partial charge is 0.0230 e. The second-order valence-electron chi connectivity index (χ2n) is 3.61. The summed E-state index contributed by atoms with van der Waals surface area (Å²) in [5.41, 5.74) is 6.11. The van der Waals surface area contributed by atoms with Crippen LogP contribution >= 0.6 is 0 Å². The molecule has 2 nitrogen and oxygen atoms in total. The molecule has 0 aromatic heterocycles. The molecule has 64 valence electrons. The van der Waals surface area contributed by atoms with E-state index < -0.39 is 0 Å². The van der Waals surface area contributed by atoms with Crippen LogP contribution in [0.25, 0.3) is 0 Å². The highest BCUT2D eigenvalue weighted by Crippen LogP contribution is 2.32. The fraction of sp³-hybridized carbons (Fsp3) is 0.889. The zero-order valence-electron chi connectivity index (χ0n) is 7.27. The molecule has 0 spiro atoms. The summed E-state index contributed by atoms with van der Waals surface area (Å²) in [5, 5.41) is 7.25. The van der Waals surface area contributed by atoms with Crippen molar-refractivity contribution in [3.8, 4) is 0 Å². The van der Waals surface area contributed by atoms with Crippen LogP contribution in [-0.4, -0.2) is 11.8 Å². The lowest BCUT2D eigenvalue weighted by molar-refractivity contribution is 0.240. The molecule has 0 radical (unpaired) electrons. The second kappa shape index (κ2) is 3.35. The van der Waals surface area contributed by atoms with Crippen LogP contribution in [0.2, 0.25) is 0 Å². The van der Waals surface area contributed by atoms with Crippen molar-refractivity contribution < 1.29 is 0 Å². The van der Waals surface area contributed by atoms with Gasteiger partial charge in [0.25, 0.3) is 0 Å². The number of hydrogen-bond acceptors (Lipinski definition) is 2. The van der Waals surface area contributed by atoms with Gasteiger partial charge in [0.2, 0.25) is 0 Å². The Morgan fingerprint density at radius 1 is 1.64 bits per heavy atom. The molecule has 0 amide bonds. The standard InChI is InChI=1S/C9H18N2/c1-2-9(11)6-4-3-5-8(9)7-10/h7-8,10H,2-6,11H2,1H3. The minimum atomic E-state index is -0.0556. The van der Waals surface area contributed by atoms with E-state index in [1.165, 1.54) is 12.8 Å². The molecule has 1 aliphatic rings. The van der Waals surface area contributed by atoms with Crippen molar-refractivity contribution in [2.24, 2.45) is 11.7 Å². The first-order valence-corrected chi connectivity index (χ1v) is 4.52. The van der Waals surface area contributed by atoms with Crippen LogP contribution in [0.4, 0.5) is 0 Å². The van der Waals surface area contributed by atoms with Crippen LogP contribution in [-0.2, 0) is 0 Å². The lowest BCUT2D eigenvalue weighted by atomic mass is 9.72. The van der Waals surface area contributed by atoms with E-state index in [2.05, 4.69) is 6.92 Å². The van der Waals surface area contributed by atoms with Crippen LogP contribution in [0, 0.1) is 11.3 Å². The fourth-order valence-corrected chi connectivity index (χ4v) is 1.98. The van der Waals surface area contributed by atoms with Gasteiger partial charge in [0.05, 0.1) is 0 Å². The maximum atomic E-state index is 7.25. The zero-order valence-corrected chi connectivity index (χ0v) is 7.27. The quantitative estimate of drug-likeness (QED) is 0.587. The van der Waals surface area contributed by atoms with Crippen LogP contribution in [0.15, 0.2) is 0 Å². The molecule has 1 aliphatic carbocycles. The first-order valence-electron chi connectivity index (χ1n) is 4.52. The van der Waals surface area contributed by atoms with Gasteiger partial charge in [0.15, 0.2) is 0 Å². The van der Waals surface area contributed by atoms with Gasteiger partial charge in [-0.15, -0.1) is 0 Å². The van der Waals surface area contributed by atoms with Gasteiger partial charge in [-0.25, -0.2) is 0 Å². The van der Waals surface area contributed by atoms with Crippen molar-refractivity contribution in [2.75, 3.05) is 0 Å². The molecule has 1 rings (SSSR count). The molecular formula is C9H18N2. The monoisotopic (exact) mass is 154 g/mol. The van der Waals surface area contributed by atoms with Crippen LogP contribution in [0.5, 0.6) is 0 Å². The molecule has 0 aromatic rings. The van der Waals surface area contributed by atoms with Gasteiger partial charge >= 0.3 is 0 Å². The maximum Gasteiger partial charge on any atom is 0.0230 e. The Labute approximate surface area is 68.7 Å². The fourth-order valence-electron chi connectivity index (χ4n) is 1.98. The molecule has 1 saturated carbocycles. The van der Waals surface area contributed by atoms with Crippen LogP contribution in [0.1, 0.15) is 39.0 Å². The molecule has 1 fully saturated rings. The summed E-state index contributed by atoms with van der Waals surface area (Å²) in [6.45, 7) is 2.13. The lowest BCUT2D eigenvalue weighted by Crippen LogP contribution is -2.49. The molecule has 0 bridgehead atoms. The first-order chi connectivity index (χ1) is 5.23. The Morgan fingerprint density at radius 3 is 2.82 bits per heavy atom. The number of hydrogen-bond donors (Lipinski definition) is 2. The average Bonchev–Trinajstić information content (AvgIpc) is 2.05. The summed E-state index contributed by atoms with van der Waals surface area (Å²) in [5.74, 6) is 0.334. The Bertz CT molecular complexity index is 144. The van der Waals surface area contributed by atoms with Crippen molar-refractivity contribution in [1.29, 1.82) is 5.41 Å². The minimum Gasteiger partial charge on any atom is -0.325 e. The van der Waals surface area contributed by atoms with Gasteiger partial charge in [0, 0.05) is 17.7 Å². The van der Waals surface area contributed by atoms with E-state index in [1.807, 2.05) is 0 Å². The van der Waals surface area contributed by atoms with E-state index in [0.29, 0.717) is 5.92 Å². The van der Waals surface area contributed by atoms with Gasteiger partial charge in [-0.3, -0.25) is 0 Å². The second-order valence-corrected chi connectivity index (χ2v) is 3.61. The molecule has 0 saturated heterocycles. The normalized spacial score (nSPS) is 38.5. The summed E-state index contributed by atoms with van der Waals surface area (Å²) in [6, 6.07) is 0. The topological polar surface area (TPSA) is 49.9 Å². The van der Waals surface area contributed by atoms with Gasteiger partial charge in [0.1, 0.15) is 0 Å². The molecule has 11 heavy (non-hydrogen) atoms. The minimum absolute atomic E-state index is 0.0556. The van der Waals surface area contributed by atoms with E-state index in [-0.39, 0.29) is 5.54 Å². The lowest BCUT2D eigenvalue weighted by Gasteiger charge is -2.38. The van der Waals surface area contributed by atoms with Gasteiger partial charge in [-0.05, 0) is 19.3 Å². The molecule has 3 N–H and O–H groups in total. The molecule has 0 aromatic carbocycles. The Balaban J connectivity index is 2.64. The van der Waals surface area contributed by atoms with E-state index >= 15 is 0 Å². The highest BCUT2D eigenvalue weighted by molar-refractivity contribution is 5.59. The summed E-state index contributed by atoms with van der Waals surface area (Å²) in [6.07, 6.45) is 7.26. The average molecular weight is 154 g/mol. The summed E-state index contributed by atoms with van der Waals surface area (Å²) in [4.78, 5) is 0. The third-order valence-corrected chi connectivity index (χ3v) is 3.01. The van der Waals surface area contributed by atoms with Crippen molar-refractivity contribution in [1.82, 2.24) is 0 Å². The Morgan fingerprint density at radius 2 is 2.36 bits per heavy atom. The van der Waals surface area contributed by atoms with Crippen LogP contribution < -0.4 is 5.73 Å². The SMILES string of the molecule is CCC1(N)CCCCC1C=N. The predicted molar refractivity (Wildman–Crippen MR) is 48.0 cm³/mol. The third-order valence-electron chi connectivity index (χ3n) is 3.01. The number of nitrogens with one attached hydrogen (secondary N) is 1. The molecule has 0 aliphatic heterocycles. The molecule has 2 atom stereocenters. The van der Waals surface area contributed by atoms with E-state index in [1.54, 1.807) is 6.21 Å². The highest BCUT2D eigenvalue weighted by Gasteiger charge is 2.33. The van der Waals surface area contributed by atoms with Gasteiger partial charge < -0.3 is 11.1 Å². The molecular weight excluding hydrogens is 136 g/mol. The summed E-state index contributed by atoms with van der Waals surface area (Å²) in [7, 11) is 0. The third kappa shape index (κ3) is 1.62. The molecule has 0 heterocycles. The highest BCUT2D eigenvalue weighted by atomic mass is 14.8. The Kier molecular flexibility index (Phi) is 2.66. The summed E-state index contributed by atoms with van der Waals surface area (Å²) >= 11 is 0. The summed E-state index contributed by atoms with van der Waals surface area (Å²) < 4.78 is 0. The first kappa shape index (κ1) is 8.72. The molecule has 2 heteroatoms. The van der Waals surface area contributed by atoms with Crippen molar-refractivity contribution in [3.63, 3.8) is 0 Å². The zero-order chi connectivity index (χ0) is 8.32. The van der Waals surface area contributed by atoms with E-state index in [9.17, 15) is 0 Å². The van der Waals surface area contributed by atoms with Gasteiger partial charge in [-0.2, -0.15) is 0 Å². The predicted octanol–water partition coefficient (Wildman–Crippen LogP) is 1.93. The van der Waals surface area contributed by atoms with Crippen LogP contribution in [0.3, 0.4) is 0 Å². The van der Waals surface area contributed by atoms with Crippen molar-refractivity contribution in [2.45, 2.75) is 44.6 Å². The van der Waals surface area contributed by atoms with Crippen molar-refractivity contribution in [3.05, 3.63) is 0 Å². The Hall–Kier alpha value is -0.370. The largest absolute Gasteiger partial charge is 0.325 e. The number of nitrogens with two attached hydrogens (primary N) is 1. The van der Waals surface area contributed by atoms with E-state index in [4.69, 9.17) is 11.1 Å².